The van der Waals surface area contributed by atoms with E-state index in [1.165, 1.54) is 23.9 Å². The van der Waals surface area contributed by atoms with Crippen molar-refractivity contribution >= 4 is 29.3 Å². The number of hydrogen-bond acceptors (Lipinski definition) is 4. The normalized spacial score (nSPS) is 10.2. The van der Waals surface area contributed by atoms with Gasteiger partial charge in [-0.15, -0.1) is 11.8 Å². The molecule has 0 aromatic heterocycles. The van der Waals surface area contributed by atoms with Crippen LogP contribution in [0.15, 0.2) is 53.4 Å². The molecule has 0 radical (unpaired) electrons. The van der Waals surface area contributed by atoms with E-state index in [0.717, 1.165) is 4.90 Å². The number of thioether (sulfide) groups is 1. The highest BCUT2D eigenvalue weighted by molar-refractivity contribution is 7.99. The molecule has 0 spiro atoms. The average molecular weight is 347 g/mol. The van der Waals surface area contributed by atoms with Gasteiger partial charge in [-0.1, -0.05) is 6.07 Å². The van der Waals surface area contributed by atoms with Crippen molar-refractivity contribution in [1.82, 2.24) is 0 Å². The second-order valence-corrected chi connectivity index (χ2v) is 6.07. The lowest BCUT2D eigenvalue weighted by Crippen LogP contribution is -2.13. The molecule has 0 aliphatic rings. The number of benzene rings is 2. The topological polar surface area (TPSA) is 55.4 Å². The Morgan fingerprint density at radius 2 is 1.92 bits per heavy atom. The molecule has 24 heavy (non-hydrogen) atoms. The lowest BCUT2D eigenvalue weighted by Gasteiger charge is -2.07. The summed E-state index contributed by atoms with van der Waals surface area (Å²) in [4.78, 5) is 24.5. The summed E-state index contributed by atoms with van der Waals surface area (Å²) in [6.07, 6.45) is 0.311. The molecule has 4 nitrogen and oxygen atoms in total. The van der Waals surface area contributed by atoms with Crippen LogP contribution >= 0.6 is 11.8 Å². The van der Waals surface area contributed by atoms with Crippen LogP contribution in [0.5, 0.6) is 0 Å². The first-order valence-corrected chi connectivity index (χ1v) is 8.52. The van der Waals surface area contributed by atoms with E-state index in [0.29, 0.717) is 30.0 Å². The van der Waals surface area contributed by atoms with Crippen LogP contribution in [0, 0.1) is 5.82 Å². The van der Waals surface area contributed by atoms with Gasteiger partial charge in [0.25, 0.3) is 0 Å². The third-order valence-corrected chi connectivity index (χ3v) is 4.08. The van der Waals surface area contributed by atoms with E-state index in [9.17, 15) is 14.0 Å². The van der Waals surface area contributed by atoms with Crippen molar-refractivity contribution in [3.63, 3.8) is 0 Å². The maximum Gasteiger partial charge on any atom is 0.338 e. The quantitative estimate of drug-likeness (QED) is 0.604. The predicted octanol–water partition coefficient (Wildman–Crippen LogP) is 4.12. The Bertz CT molecular complexity index is 704. The fourth-order valence-corrected chi connectivity index (χ4v) is 2.81. The van der Waals surface area contributed by atoms with Crippen molar-refractivity contribution in [3.05, 3.63) is 59.9 Å². The number of carbonyl (C=O) groups is 2. The molecule has 0 saturated carbocycles. The molecule has 6 heteroatoms. The molecule has 0 heterocycles. The number of amides is 1. The molecule has 0 fully saturated rings. The Labute approximate surface area is 144 Å². The van der Waals surface area contributed by atoms with Crippen LogP contribution in [0.1, 0.15) is 23.7 Å². The van der Waals surface area contributed by atoms with Crippen molar-refractivity contribution in [2.24, 2.45) is 0 Å². The number of halogens is 1. The minimum absolute atomic E-state index is 0.148. The van der Waals surface area contributed by atoms with Crippen molar-refractivity contribution < 1.29 is 18.7 Å². The Kier molecular flexibility index (Phi) is 6.81. The molecule has 0 bridgehead atoms. The van der Waals surface area contributed by atoms with Crippen molar-refractivity contribution in [3.8, 4) is 0 Å². The van der Waals surface area contributed by atoms with Gasteiger partial charge in [0, 0.05) is 22.8 Å². The molecule has 1 amide bonds. The Balaban J connectivity index is 1.82. The highest BCUT2D eigenvalue weighted by Gasteiger charge is 2.08. The minimum Gasteiger partial charge on any atom is -0.462 e. The van der Waals surface area contributed by atoms with Crippen LogP contribution in [0.4, 0.5) is 10.1 Å². The number of esters is 1. The molecule has 0 aliphatic carbocycles. The zero-order valence-electron chi connectivity index (χ0n) is 13.3. The summed E-state index contributed by atoms with van der Waals surface area (Å²) >= 11 is 1.48. The van der Waals surface area contributed by atoms with Crippen LogP contribution in [-0.2, 0) is 9.53 Å². The summed E-state index contributed by atoms with van der Waals surface area (Å²) < 4.78 is 17.7. The number of ether oxygens (including phenoxy) is 1. The van der Waals surface area contributed by atoms with E-state index in [-0.39, 0.29) is 11.7 Å². The lowest BCUT2D eigenvalue weighted by molar-refractivity contribution is -0.115. The van der Waals surface area contributed by atoms with E-state index >= 15 is 0 Å². The van der Waals surface area contributed by atoms with Crippen LogP contribution in [0.25, 0.3) is 0 Å². The minimum atomic E-state index is -0.416. The zero-order valence-corrected chi connectivity index (χ0v) is 14.1. The van der Waals surface area contributed by atoms with Crippen LogP contribution < -0.4 is 5.32 Å². The summed E-state index contributed by atoms with van der Waals surface area (Å²) in [5, 5.41) is 2.75. The number of anilines is 1. The van der Waals surface area contributed by atoms with Crippen LogP contribution in [-0.4, -0.2) is 24.2 Å². The summed E-state index contributed by atoms with van der Waals surface area (Å²) in [6, 6.07) is 12.8. The maximum absolute atomic E-state index is 12.8. The highest BCUT2D eigenvalue weighted by atomic mass is 32.2. The Morgan fingerprint density at radius 3 is 2.62 bits per heavy atom. The third-order valence-electron chi connectivity index (χ3n) is 3.07. The predicted molar refractivity (Wildman–Crippen MR) is 92.8 cm³/mol. The van der Waals surface area contributed by atoms with Gasteiger partial charge in [-0.05, 0) is 49.4 Å². The second kappa shape index (κ2) is 9.08. The van der Waals surface area contributed by atoms with Gasteiger partial charge >= 0.3 is 5.97 Å². The number of rotatable bonds is 7. The van der Waals surface area contributed by atoms with Gasteiger partial charge in [0.1, 0.15) is 5.82 Å². The number of nitrogens with one attached hydrogen (secondary N) is 1. The molecule has 2 aromatic carbocycles. The summed E-state index contributed by atoms with van der Waals surface area (Å²) in [6.45, 7) is 2.04. The second-order valence-electron chi connectivity index (χ2n) is 4.90. The number of carbonyl (C=O) groups excluding carboxylic acids is 2. The van der Waals surface area contributed by atoms with E-state index in [1.54, 1.807) is 43.3 Å². The highest BCUT2D eigenvalue weighted by Crippen LogP contribution is 2.19. The van der Waals surface area contributed by atoms with Crippen molar-refractivity contribution in [2.45, 2.75) is 18.2 Å². The van der Waals surface area contributed by atoms with Crippen LogP contribution in [0.3, 0.4) is 0 Å². The van der Waals surface area contributed by atoms with Gasteiger partial charge in [-0.25, -0.2) is 9.18 Å². The van der Waals surface area contributed by atoms with Gasteiger partial charge in [-0.2, -0.15) is 0 Å². The van der Waals surface area contributed by atoms with Crippen molar-refractivity contribution in [2.75, 3.05) is 17.7 Å². The van der Waals surface area contributed by atoms with Gasteiger partial charge in [0.05, 0.1) is 12.2 Å². The third kappa shape index (κ3) is 5.70. The van der Waals surface area contributed by atoms with E-state index in [2.05, 4.69) is 5.32 Å². The molecule has 126 valence electrons. The smallest absolute Gasteiger partial charge is 0.338 e. The summed E-state index contributed by atoms with van der Waals surface area (Å²) in [7, 11) is 0. The molecule has 0 saturated heterocycles. The summed E-state index contributed by atoms with van der Waals surface area (Å²) in [5.41, 5.74) is 0.952. The molecule has 0 atom stereocenters. The molecule has 1 N–H and O–H groups in total. The first-order chi connectivity index (χ1) is 11.6. The first-order valence-electron chi connectivity index (χ1n) is 7.54. The maximum atomic E-state index is 12.8. The Hall–Kier alpha value is -2.34. The average Bonchev–Trinajstić information content (AvgIpc) is 2.57. The van der Waals surface area contributed by atoms with Crippen LogP contribution in [0.2, 0.25) is 0 Å². The SMILES string of the molecule is CCOC(=O)c1cccc(NC(=O)CCSc2ccc(F)cc2)c1. The first kappa shape index (κ1) is 18.0. The largest absolute Gasteiger partial charge is 0.462 e. The molecule has 2 rings (SSSR count). The van der Waals surface area contributed by atoms with Gasteiger partial charge in [-0.3, -0.25) is 4.79 Å². The van der Waals surface area contributed by atoms with E-state index < -0.39 is 5.97 Å². The van der Waals surface area contributed by atoms with E-state index in [4.69, 9.17) is 4.74 Å². The molecular weight excluding hydrogens is 329 g/mol. The Morgan fingerprint density at radius 1 is 1.17 bits per heavy atom. The lowest BCUT2D eigenvalue weighted by atomic mass is 10.2. The summed E-state index contributed by atoms with van der Waals surface area (Å²) in [5.74, 6) is -0.265. The fourth-order valence-electron chi connectivity index (χ4n) is 1.95. The van der Waals surface area contributed by atoms with Gasteiger partial charge in [0.15, 0.2) is 0 Å². The molecule has 0 unspecified atom stereocenters. The fraction of sp³-hybridized carbons (Fsp3) is 0.222. The number of hydrogen-bond donors (Lipinski definition) is 1. The zero-order chi connectivity index (χ0) is 17.4. The van der Waals surface area contributed by atoms with E-state index in [1.807, 2.05) is 0 Å². The molecule has 0 aliphatic heterocycles. The van der Waals surface area contributed by atoms with Crippen molar-refractivity contribution in [1.29, 1.82) is 0 Å². The van der Waals surface area contributed by atoms with Gasteiger partial charge in [0.2, 0.25) is 5.91 Å². The molecule has 2 aromatic rings. The monoisotopic (exact) mass is 347 g/mol. The van der Waals surface area contributed by atoms with Gasteiger partial charge < -0.3 is 10.1 Å². The molecular formula is C18H18FNO3S. The standard InChI is InChI=1S/C18H18FNO3S/c1-2-23-18(22)13-4-3-5-15(12-13)20-17(21)10-11-24-16-8-6-14(19)7-9-16/h3-9,12H,2,10-11H2,1H3,(H,20,21).